The third kappa shape index (κ3) is 1.69. The molecule has 0 bridgehead atoms. The fraction of sp³-hybridized carbons (Fsp3) is 0.250. The highest BCUT2D eigenvalue weighted by Gasteiger charge is 2.08. The fourth-order valence-corrected chi connectivity index (χ4v) is 1.73. The highest BCUT2D eigenvalue weighted by molar-refractivity contribution is 5.77. The lowest BCUT2D eigenvalue weighted by Crippen LogP contribution is -2.17. The van der Waals surface area contributed by atoms with Crippen LogP contribution in [0, 0.1) is 0 Å². The zero-order chi connectivity index (χ0) is 9.97. The number of allylic oxidation sites excluding steroid dienone is 2. The largest absolute Gasteiger partial charge is 0.376 e. The van der Waals surface area contributed by atoms with E-state index in [1.165, 1.54) is 16.7 Å². The standard InChI is InChI=1S/C12H14N2/c1-10-9-14(2)8-5-12(10)11-3-6-13-7-4-11/h3-8H,9H2,1-2H3. The van der Waals surface area contributed by atoms with Crippen LogP contribution in [-0.4, -0.2) is 23.5 Å². The SMILES string of the molecule is CC1=C(c2ccncc2)C=CN(C)C1. The van der Waals surface area contributed by atoms with Gasteiger partial charge in [0.1, 0.15) is 0 Å². The van der Waals surface area contributed by atoms with Crippen LogP contribution < -0.4 is 0 Å². The van der Waals surface area contributed by atoms with Crippen molar-refractivity contribution in [3.8, 4) is 0 Å². The molecule has 0 fully saturated rings. The summed E-state index contributed by atoms with van der Waals surface area (Å²) in [6.45, 7) is 3.18. The van der Waals surface area contributed by atoms with Crippen LogP contribution in [0.15, 0.2) is 42.4 Å². The van der Waals surface area contributed by atoms with Gasteiger partial charge >= 0.3 is 0 Å². The van der Waals surface area contributed by atoms with Gasteiger partial charge in [0.2, 0.25) is 0 Å². The molecule has 0 aromatic carbocycles. The van der Waals surface area contributed by atoms with Gasteiger partial charge in [-0.25, -0.2) is 0 Å². The zero-order valence-corrected chi connectivity index (χ0v) is 8.57. The molecule has 0 aliphatic carbocycles. The molecule has 0 saturated heterocycles. The van der Waals surface area contributed by atoms with Crippen LogP contribution in [0.4, 0.5) is 0 Å². The third-order valence-corrected chi connectivity index (χ3v) is 2.43. The number of hydrogen-bond donors (Lipinski definition) is 0. The van der Waals surface area contributed by atoms with Crippen molar-refractivity contribution in [1.29, 1.82) is 0 Å². The number of pyridine rings is 1. The topological polar surface area (TPSA) is 16.1 Å². The Balaban J connectivity index is 2.37. The zero-order valence-electron chi connectivity index (χ0n) is 8.57. The van der Waals surface area contributed by atoms with Crippen molar-refractivity contribution >= 4 is 5.57 Å². The molecule has 2 rings (SSSR count). The van der Waals surface area contributed by atoms with E-state index >= 15 is 0 Å². The first-order chi connectivity index (χ1) is 6.77. The molecule has 14 heavy (non-hydrogen) atoms. The Kier molecular flexibility index (Phi) is 2.35. The molecule has 1 aliphatic rings. The molecular weight excluding hydrogens is 172 g/mol. The molecule has 0 unspecified atom stereocenters. The Hall–Kier alpha value is -1.57. The summed E-state index contributed by atoms with van der Waals surface area (Å²) in [6, 6.07) is 4.10. The summed E-state index contributed by atoms with van der Waals surface area (Å²) in [5.74, 6) is 0. The van der Waals surface area contributed by atoms with E-state index in [0.29, 0.717) is 0 Å². The lowest BCUT2D eigenvalue weighted by molar-refractivity contribution is 0.492. The van der Waals surface area contributed by atoms with Gasteiger partial charge in [-0.15, -0.1) is 0 Å². The smallest absolute Gasteiger partial charge is 0.0386 e. The van der Waals surface area contributed by atoms with Crippen molar-refractivity contribution in [3.05, 3.63) is 47.9 Å². The molecule has 0 saturated carbocycles. The second-order valence-electron chi connectivity index (χ2n) is 3.66. The number of hydrogen-bond acceptors (Lipinski definition) is 2. The first kappa shape index (κ1) is 9.00. The summed E-state index contributed by atoms with van der Waals surface area (Å²) < 4.78 is 0. The summed E-state index contributed by atoms with van der Waals surface area (Å²) >= 11 is 0. The van der Waals surface area contributed by atoms with Gasteiger partial charge in [0.15, 0.2) is 0 Å². The number of nitrogens with zero attached hydrogens (tertiary/aromatic N) is 2. The van der Waals surface area contributed by atoms with E-state index in [2.05, 4.69) is 48.3 Å². The van der Waals surface area contributed by atoms with E-state index < -0.39 is 0 Å². The molecule has 0 N–H and O–H groups in total. The molecule has 0 spiro atoms. The quantitative estimate of drug-likeness (QED) is 0.669. The minimum atomic E-state index is 1.01. The Bertz CT molecular complexity index is 377. The van der Waals surface area contributed by atoms with E-state index in [-0.39, 0.29) is 0 Å². The monoisotopic (exact) mass is 186 g/mol. The summed E-state index contributed by atoms with van der Waals surface area (Å²) in [4.78, 5) is 6.20. The summed E-state index contributed by atoms with van der Waals surface area (Å²) in [6.07, 6.45) is 7.94. The molecular formula is C12H14N2. The first-order valence-corrected chi connectivity index (χ1v) is 4.76. The normalized spacial score (nSPS) is 16.3. The fourth-order valence-electron chi connectivity index (χ4n) is 1.73. The second-order valence-corrected chi connectivity index (χ2v) is 3.66. The molecule has 0 radical (unpaired) electrons. The van der Waals surface area contributed by atoms with Gasteiger partial charge in [-0.05, 0) is 48.0 Å². The number of aromatic nitrogens is 1. The average Bonchev–Trinajstić information content (AvgIpc) is 2.19. The van der Waals surface area contributed by atoms with E-state index in [4.69, 9.17) is 0 Å². The third-order valence-electron chi connectivity index (χ3n) is 2.43. The molecule has 1 aromatic rings. The van der Waals surface area contributed by atoms with Crippen LogP contribution in [-0.2, 0) is 0 Å². The molecule has 1 aliphatic heterocycles. The average molecular weight is 186 g/mol. The molecule has 0 atom stereocenters. The highest BCUT2D eigenvalue weighted by atomic mass is 15.1. The molecule has 2 nitrogen and oxygen atoms in total. The van der Waals surface area contributed by atoms with E-state index in [1.807, 2.05) is 12.4 Å². The van der Waals surface area contributed by atoms with Gasteiger partial charge in [-0.3, -0.25) is 4.98 Å². The Morgan fingerprint density at radius 3 is 2.64 bits per heavy atom. The van der Waals surface area contributed by atoms with Crippen LogP contribution in [0.3, 0.4) is 0 Å². The van der Waals surface area contributed by atoms with E-state index in [1.54, 1.807) is 0 Å². The maximum Gasteiger partial charge on any atom is 0.0386 e. The van der Waals surface area contributed by atoms with Gasteiger partial charge < -0.3 is 4.90 Å². The van der Waals surface area contributed by atoms with Crippen LogP contribution in [0.1, 0.15) is 12.5 Å². The van der Waals surface area contributed by atoms with Crippen molar-refractivity contribution in [3.63, 3.8) is 0 Å². The Morgan fingerprint density at radius 2 is 2.00 bits per heavy atom. The van der Waals surface area contributed by atoms with Crippen molar-refractivity contribution in [2.75, 3.05) is 13.6 Å². The molecule has 2 heterocycles. The predicted molar refractivity (Wildman–Crippen MR) is 58.6 cm³/mol. The lowest BCUT2D eigenvalue weighted by atomic mass is 9.99. The maximum atomic E-state index is 4.02. The molecule has 1 aromatic heterocycles. The minimum Gasteiger partial charge on any atom is -0.376 e. The summed E-state index contributed by atoms with van der Waals surface area (Å²) in [7, 11) is 2.09. The van der Waals surface area contributed by atoms with Crippen molar-refractivity contribution in [2.45, 2.75) is 6.92 Å². The lowest BCUT2D eigenvalue weighted by Gasteiger charge is -2.21. The van der Waals surface area contributed by atoms with Crippen molar-refractivity contribution in [2.24, 2.45) is 0 Å². The van der Waals surface area contributed by atoms with E-state index in [0.717, 1.165) is 6.54 Å². The molecule has 0 amide bonds. The van der Waals surface area contributed by atoms with Gasteiger partial charge in [-0.2, -0.15) is 0 Å². The van der Waals surface area contributed by atoms with Gasteiger partial charge in [-0.1, -0.05) is 0 Å². The highest BCUT2D eigenvalue weighted by Crippen LogP contribution is 2.23. The van der Waals surface area contributed by atoms with Gasteiger partial charge in [0.25, 0.3) is 0 Å². The van der Waals surface area contributed by atoms with Crippen LogP contribution in [0.5, 0.6) is 0 Å². The first-order valence-electron chi connectivity index (χ1n) is 4.76. The van der Waals surface area contributed by atoms with Crippen LogP contribution in [0.25, 0.3) is 5.57 Å². The number of rotatable bonds is 1. The van der Waals surface area contributed by atoms with Crippen LogP contribution >= 0.6 is 0 Å². The second kappa shape index (κ2) is 3.66. The Morgan fingerprint density at radius 1 is 1.29 bits per heavy atom. The minimum absolute atomic E-state index is 1.01. The summed E-state index contributed by atoms with van der Waals surface area (Å²) in [5, 5.41) is 0. The van der Waals surface area contributed by atoms with Crippen LogP contribution in [0.2, 0.25) is 0 Å². The van der Waals surface area contributed by atoms with Crippen molar-refractivity contribution < 1.29 is 0 Å². The Labute approximate surface area is 84.6 Å². The maximum absolute atomic E-state index is 4.02. The molecule has 2 heteroatoms. The molecule has 72 valence electrons. The van der Waals surface area contributed by atoms with Gasteiger partial charge in [0.05, 0.1) is 0 Å². The summed E-state index contributed by atoms with van der Waals surface area (Å²) in [5.41, 5.74) is 3.98. The van der Waals surface area contributed by atoms with Crippen molar-refractivity contribution in [1.82, 2.24) is 9.88 Å². The van der Waals surface area contributed by atoms with Gasteiger partial charge in [0, 0.05) is 26.0 Å². The number of likely N-dealkylation sites (N-methyl/N-ethyl adjacent to an activating group) is 1. The predicted octanol–water partition coefficient (Wildman–Crippen LogP) is 2.31. The van der Waals surface area contributed by atoms with E-state index in [9.17, 15) is 0 Å².